The van der Waals surface area contributed by atoms with Crippen LogP contribution in [0.5, 0.6) is 0 Å². The Morgan fingerprint density at radius 3 is 2.29 bits per heavy atom. The van der Waals surface area contributed by atoms with Gasteiger partial charge in [0, 0.05) is 30.1 Å². The predicted molar refractivity (Wildman–Crippen MR) is 113 cm³/mol. The van der Waals surface area contributed by atoms with Crippen LogP contribution in [0.4, 0.5) is 4.39 Å². The van der Waals surface area contributed by atoms with Crippen molar-refractivity contribution in [2.24, 2.45) is 0 Å². The van der Waals surface area contributed by atoms with Gasteiger partial charge in [-0.3, -0.25) is 4.98 Å². The highest BCUT2D eigenvalue weighted by Gasteiger charge is 2.18. The number of aromatic nitrogens is 3. The van der Waals surface area contributed by atoms with Gasteiger partial charge in [0.1, 0.15) is 5.82 Å². The fraction of sp³-hybridized carbons (Fsp3) is 0.130. The quantitative estimate of drug-likeness (QED) is 0.363. The van der Waals surface area contributed by atoms with Crippen molar-refractivity contribution in [3.63, 3.8) is 0 Å². The summed E-state index contributed by atoms with van der Waals surface area (Å²) in [6.45, 7) is 0.821. The summed E-state index contributed by atoms with van der Waals surface area (Å²) >= 11 is 3.63. The summed E-state index contributed by atoms with van der Waals surface area (Å²) in [6.07, 6.45) is 5.53. The van der Waals surface area contributed by atoms with Gasteiger partial charge in [-0.15, -0.1) is 0 Å². The monoisotopic (exact) mass is 435 g/mol. The van der Waals surface area contributed by atoms with E-state index in [1.807, 2.05) is 18.2 Å². The van der Waals surface area contributed by atoms with Crippen molar-refractivity contribution in [3.05, 3.63) is 95.2 Å². The van der Waals surface area contributed by atoms with E-state index in [-0.39, 0.29) is 5.82 Å². The minimum Gasteiger partial charge on any atom is -0.318 e. The molecule has 4 rings (SSSR count). The molecule has 3 nitrogen and oxygen atoms in total. The molecule has 0 fully saturated rings. The summed E-state index contributed by atoms with van der Waals surface area (Å²) in [5, 5.41) is 0. The highest BCUT2D eigenvalue weighted by Crippen LogP contribution is 2.34. The maximum atomic E-state index is 13.4. The fourth-order valence-electron chi connectivity index (χ4n) is 3.33. The Kier molecular flexibility index (Phi) is 5.63. The minimum absolute atomic E-state index is 0.254. The molecule has 0 unspecified atom stereocenters. The topological polar surface area (TPSA) is 30.7 Å². The van der Waals surface area contributed by atoms with Crippen LogP contribution in [0.3, 0.4) is 0 Å². The van der Waals surface area contributed by atoms with Gasteiger partial charge in [-0.2, -0.15) is 0 Å². The first kappa shape index (κ1) is 18.6. The molecule has 0 aliphatic carbocycles. The second-order valence-electron chi connectivity index (χ2n) is 6.56. The smallest absolute Gasteiger partial charge is 0.178 e. The number of rotatable bonds is 6. The van der Waals surface area contributed by atoms with Crippen LogP contribution in [0.2, 0.25) is 0 Å². The summed E-state index contributed by atoms with van der Waals surface area (Å²) < 4.78 is 16.3. The van der Waals surface area contributed by atoms with Crippen molar-refractivity contribution in [1.29, 1.82) is 0 Å². The number of hydrogen-bond acceptors (Lipinski definition) is 2. The van der Waals surface area contributed by atoms with Crippen LogP contribution < -0.4 is 0 Å². The zero-order valence-corrected chi connectivity index (χ0v) is 16.8. The van der Waals surface area contributed by atoms with E-state index >= 15 is 0 Å². The van der Waals surface area contributed by atoms with Gasteiger partial charge in [0.15, 0.2) is 4.73 Å². The van der Waals surface area contributed by atoms with E-state index in [0.717, 1.165) is 46.6 Å². The Morgan fingerprint density at radius 2 is 1.57 bits per heavy atom. The molecule has 0 aliphatic rings. The van der Waals surface area contributed by atoms with E-state index in [1.54, 1.807) is 24.5 Å². The zero-order chi connectivity index (χ0) is 19.3. The van der Waals surface area contributed by atoms with Gasteiger partial charge in [0.05, 0.1) is 11.4 Å². The molecule has 28 heavy (non-hydrogen) atoms. The molecule has 0 saturated heterocycles. The van der Waals surface area contributed by atoms with Crippen LogP contribution in [-0.2, 0) is 13.0 Å². The van der Waals surface area contributed by atoms with Gasteiger partial charge >= 0.3 is 0 Å². The lowest BCUT2D eigenvalue weighted by Gasteiger charge is -2.11. The normalized spacial score (nSPS) is 10.9. The van der Waals surface area contributed by atoms with Crippen molar-refractivity contribution in [2.45, 2.75) is 19.4 Å². The molecule has 2 aromatic carbocycles. The molecule has 5 heteroatoms. The maximum Gasteiger partial charge on any atom is 0.178 e. The van der Waals surface area contributed by atoms with Crippen LogP contribution >= 0.6 is 15.9 Å². The average molecular weight is 436 g/mol. The number of imidazole rings is 1. The van der Waals surface area contributed by atoms with Crippen molar-refractivity contribution >= 4 is 15.9 Å². The van der Waals surface area contributed by atoms with E-state index in [0.29, 0.717) is 0 Å². The predicted octanol–water partition coefficient (Wildman–Crippen LogP) is 6.15. The number of nitrogens with zero attached hydrogens (tertiary/aromatic N) is 3. The Labute approximate surface area is 172 Å². The zero-order valence-electron chi connectivity index (χ0n) is 15.2. The SMILES string of the molecule is Fc1ccc(-c2nc(Br)n(CCCc3ccccc3)c2-c2ccncc2)cc1. The lowest BCUT2D eigenvalue weighted by Crippen LogP contribution is -2.03. The summed E-state index contributed by atoms with van der Waals surface area (Å²) in [4.78, 5) is 8.88. The molecule has 0 N–H and O–H groups in total. The summed E-state index contributed by atoms with van der Waals surface area (Å²) in [5.74, 6) is -0.254. The molecule has 0 atom stereocenters. The molecule has 0 bridgehead atoms. The van der Waals surface area contributed by atoms with E-state index in [2.05, 4.69) is 49.7 Å². The largest absolute Gasteiger partial charge is 0.318 e. The number of pyridine rings is 1. The summed E-state index contributed by atoms with van der Waals surface area (Å²) in [7, 11) is 0. The Balaban J connectivity index is 1.70. The van der Waals surface area contributed by atoms with E-state index in [9.17, 15) is 4.39 Å². The van der Waals surface area contributed by atoms with Gasteiger partial charge in [0.25, 0.3) is 0 Å². The van der Waals surface area contributed by atoms with E-state index in [1.165, 1.54) is 17.7 Å². The second kappa shape index (κ2) is 8.48. The lowest BCUT2D eigenvalue weighted by molar-refractivity contribution is 0.628. The standard InChI is InChI=1S/C23H19BrFN3/c24-23-27-21(18-8-10-20(25)11-9-18)22(19-12-14-26-15-13-19)28(23)16-4-7-17-5-2-1-3-6-17/h1-3,5-6,8-15H,4,7,16H2. The minimum atomic E-state index is -0.254. The lowest BCUT2D eigenvalue weighted by atomic mass is 10.1. The molecule has 2 aromatic heterocycles. The average Bonchev–Trinajstić information content (AvgIpc) is 3.06. The molecule has 0 saturated carbocycles. The number of hydrogen-bond donors (Lipinski definition) is 0. The van der Waals surface area contributed by atoms with Crippen LogP contribution in [0, 0.1) is 5.82 Å². The first-order valence-corrected chi connectivity index (χ1v) is 9.98. The van der Waals surface area contributed by atoms with Gasteiger partial charge in [-0.05, 0) is 70.7 Å². The Hall–Kier alpha value is -2.79. The Morgan fingerprint density at radius 1 is 0.857 bits per heavy atom. The van der Waals surface area contributed by atoms with Crippen molar-refractivity contribution < 1.29 is 4.39 Å². The van der Waals surface area contributed by atoms with E-state index < -0.39 is 0 Å². The van der Waals surface area contributed by atoms with Crippen molar-refractivity contribution in [1.82, 2.24) is 14.5 Å². The molecule has 4 aromatic rings. The number of benzene rings is 2. The molecule has 0 amide bonds. The van der Waals surface area contributed by atoms with Crippen LogP contribution in [0.1, 0.15) is 12.0 Å². The molecular weight excluding hydrogens is 417 g/mol. The van der Waals surface area contributed by atoms with Gasteiger partial charge in [-0.25, -0.2) is 9.37 Å². The fourth-order valence-corrected chi connectivity index (χ4v) is 3.86. The highest BCUT2D eigenvalue weighted by atomic mass is 79.9. The molecule has 2 heterocycles. The molecular formula is C23H19BrFN3. The van der Waals surface area contributed by atoms with Crippen LogP contribution in [0.25, 0.3) is 22.5 Å². The number of aryl methyl sites for hydroxylation is 1. The molecule has 0 spiro atoms. The van der Waals surface area contributed by atoms with E-state index in [4.69, 9.17) is 4.98 Å². The third kappa shape index (κ3) is 4.04. The van der Waals surface area contributed by atoms with Crippen LogP contribution in [0.15, 0.2) is 83.9 Å². The third-order valence-corrected chi connectivity index (χ3v) is 5.29. The van der Waals surface area contributed by atoms with Gasteiger partial charge in [-0.1, -0.05) is 30.3 Å². The highest BCUT2D eigenvalue weighted by molar-refractivity contribution is 9.10. The Bertz CT molecular complexity index is 1040. The molecule has 0 aliphatic heterocycles. The van der Waals surface area contributed by atoms with Crippen molar-refractivity contribution in [2.75, 3.05) is 0 Å². The van der Waals surface area contributed by atoms with Gasteiger partial charge in [0.2, 0.25) is 0 Å². The molecule has 140 valence electrons. The third-order valence-electron chi connectivity index (χ3n) is 4.68. The van der Waals surface area contributed by atoms with Gasteiger partial charge < -0.3 is 4.57 Å². The van der Waals surface area contributed by atoms with Crippen molar-refractivity contribution in [3.8, 4) is 22.5 Å². The molecule has 0 radical (unpaired) electrons. The summed E-state index contributed by atoms with van der Waals surface area (Å²) in [6, 6.07) is 20.9. The maximum absolute atomic E-state index is 13.4. The van der Waals surface area contributed by atoms with Crippen LogP contribution in [-0.4, -0.2) is 14.5 Å². The number of halogens is 2. The first-order chi connectivity index (χ1) is 13.7. The second-order valence-corrected chi connectivity index (χ2v) is 7.27. The summed E-state index contributed by atoms with van der Waals surface area (Å²) in [5.41, 5.74) is 5.08. The first-order valence-electron chi connectivity index (χ1n) is 9.18.